The standard InChI is InChI=1S/C20H29N5/c1-14(2)13-25-11-8-17(9-12-25)23-19-15(3)16(4)22-20(24-19)18-7-5-6-10-21-18/h5-7,10,14,17H,8-9,11-13H2,1-4H3,(H,22,23,24). The van der Waals surface area contributed by atoms with E-state index in [1.165, 1.54) is 6.54 Å². The molecule has 2 aromatic heterocycles. The van der Waals surface area contributed by atoms with Gasteiger partial charge in [-0.3, -0.25) is 4.98 Å². The summed E-state index contributed by atoms with van der Waals surface area (Å²) in [6.07, 6.45) is 4.10. The maximum Gasteiger partial charge on any atom is 0.180 e. The maximum atomic E-state index is 4.77. The SMILES string of the molecule is Cc1nc(-c2ccccn2)nc(NC2CCN(CC(C)C)CC2)c1C. The smallest absolute Gasteiger partial charge is 0.180 e. The Balaban J connectivity index is 1.71. The number of rotatable bonds is 5. The van der Waals surface area contributed by atoms with Crippen LogP contribution in [0.3, 0.4) is 0 Å². The summed E-state index contributed by atoms with van der Waals surface area (Å²) in [7, 11) is 0. The van der Waals surface area contributed by atoms with Gasteiger partial charge < -0.3 is 10.2 Å². The molecule has 0 atom stereocenters. The maximum absolute atomic E-state index is 4.77. The number of nitrogens with one attached hydrogen (secondary N) is 1. The van der Waals surface area contributed by atoms with Crippen LogP contribution in [0, 0.1) is 19.8 Å². The lowest BCUT2D eigenvalue weighted by molar-refractivity contribution is 0.198. The van der Waals surface area contributed by atoms with E-state index in [1.807, 2.05) is 25.1 Å². The molecule has 0 aliphatic carbocycles. The van der Waals surface area contributed by atoms with E-state index in [0.717, 1.165) is 54.6 Å². The van der Waals surface area contributed by atoms with Gasteiger partial charge in [-0.2, -0.15) is 0 Å². The van der Waals surface area contributed by atoms with E-state index < -0.39 is 0 Å². The number of pyridine rings is 1. The van der Waals surface area contributed by atoms with Crippen LogP contribution >= 0.6 is 0 Å². The van der Waals surface area contributed by atoms with Gasteiger partial charge in [0.2, 0.25) is 0 Å². The van der Waals surface area contributed by atoms with Crippen molar-refractivity contribution >= 4 is 5.82 Å². The lowest BCUT2D eigenvalue weighted by Gasteiger charge is -2.33. The van der Waals surface area contributed by atoms with Crippen molar-refractivity contribution in [2.75, 3.05) is 25.0 Å². The second-order valence-electron chi connectivity index (χ2n) is 7.43. The van der Waals surface area contributed by atoms with Gasteiger partial charge in [0.05, 0.1) is 0 Å². The second kappa shape index (κ2) is 7.91. The fourth-order valence-corrected chi connectivity index (χ4v) is 3.35. The summed E-state index contributed by atoms with van der Waals surface area (Å²) < 4.78 is 0. The Morgan fingerprint density at radius 3 is 2.56 bits per heavy atom. The fourth-order valence-electron chi connectivity index (χ4n) is 3.35. The van der Waals surface area contributed by atoms with Crippen molar-refractivity contribution in [3.05, 3.63) is 35.7 Å². The number of aromatic nitrogens is 3. The van der Waals surface area contributed by atoms with Gasteiger partial charge in [-0.15, -0.1) is 0 Å². The number of nitrogens with zero attached hydrogens (tertiary/aromatic N) is 4. The predicted molar refractivity (Wildman–Crippen MR) is 103 cm³/mol. The first-order valence-electron chi connectivity index (χ1n) is 9.28. The molecule has 1 aliphatic rings. The molecule has 0 unspecified atom stereocenters. The molecule has 0 saturated carbocycles. The molecule has 5 nitrogen and oxygen atoms in total. The van der Waals surface area contributed by atoms with E-state index >= 15 is 0 Å². The van der Waals surface area contributed by atoms with E-state index in [9.17, 15) is 0 Å². The third kappa shape index (κ3) is 4.54. The van der Waals surface area contributed by atoms with Gasteiger partial charge in [0.25, 0.3) is 0 Å². The third-order valence-electron chi connectivity index (χ3n) is 4.83. The molecule has 134 valence electrons. The molecule has 3 heterocycles. The first-order chi connectivity index (χ1) is 12.0. The first kappa shape index (κ1) is 17.8. The molecule has 1 saturated heterocycles. The fraction of sp³-hybridized carbons (Fsp3) is 0.550. The molecule has 0 bridgehead atoms. The molecule has 0 aromatic carbocycles. The average molecular weight is 339 g/mol. The number of aryl methyl sites for hydroxylation is 1. The van der Waals surface area contributed by atoms with Crippen LogP contribution in [0.5, 0.6) is 0 Å². The molecule has 1 aliphatic heterocycles. The molecule has 0 spiro atoms. The summed E-state index contributed by atoms with van der Waals surface area (Å²) >= 11 is 0. The third-order valence-corrected chi connectivity index (χ3v) is 4.83. The van der Waals surface area contributed by atoms with Gasteiger partial charge in [-0.25, -0.2) is 9.97 Å². The van der Waals surface area contributed by atoms with E-state index in [-0.39, 0.29) is 0 Å². The van der Waals surface area contributed by atoms with Crippen molar-refractivity contribution in [3.8, 4) is 11.5 Å². The highest BCUT2D eigenvalue weighted by Crippen LogP contribution is 2.23. The van der Waals surface area contributed by atoms with Crippen molar-refractivity contribution in [1.29, 1.82) is 0 Å². The highest BCUT2D eigenvalue weighted by atomic mass is 15.2. The number of hydrogen-bond acceptors (Lipinski definition) is 5. The molecule has 3 rings (SSSR count). The molecular formula is C20H29N5. The number of likely N-dealkylation sites (tertiary alicyclic amines) is 1. The normalized spacial score (nSPS) is 16.4. The summed E-state index contributed by atoms with van der Waals surface area (Å²) in [5.74, 6) is 2.39. The lowest BCUT2D eigenvalue weighted by Crippen LogP contribution is -2.40. The molecule has 1 fully saturated rings. The van der Waals surface area contributed by atoms with Crippen LogP contribution in [-0.2, 0) is 0 Å². The van der Waals surface area contributed by atoms with Crippen LogP contribution in [0.25, 0.3) is 11.5 Å². The van der Waals surface area contributed by atoms with Crippen LogP contribution in [-0.4, -0.2) is 45.5 Å². The first-order valence-corrected chi connectivity index (χ1v) is 9.28. The Bertz CT molecular complexity index is 691. The minimum Gasteiger partial charge on any atom is -0.367 e. The van der Waals surface area contributed by atoms with Gasteiger partial charge >= 0.3 is 0 Å². The predicted octanol–water partition coefficient (Wildman–Crippen LogP) is 3.69. The van der Waals surface area contributed by atoms with Gasteiger partial charge in [-0.05, 0) is 44.7 Å². The van der Waals surface area contributed by atoms with Crippen LogP contribution in [0.4, 0.5) is 5.82 Å². The zero-order valence-electron chi connectivity index (χ0n) is 15.8. The molecule has 0 amide bonds. The average Bonchev–Trinajstić information content (AvgIpc) is 2.60. The highest BCUT2D eigenvalue weighted by Gasteiger charge is 2.21. The summed E-state index contributed by atoms with van der Waals surface area (Å²) in [6, 6.07) is 6.32. The van der Waals surface area contributed by atoms with Crippen molar-refractivity contribution in [2.45, 2.75) is 46.6 Å². The van der Waals surface area contributed by atoms with Crippen LogP contribution in [0.1, 0.15) is 37.9 Å². The van der Waals surface area contributed by atoms with Crippen LogP contribution in [0.15, 0.2) is 24.4 Å². The lowest BCUT2D eigenvalue weighted by atomic mass is 10.0. The van der Waals surface area contributed by atoms with E-state index in [4.69, 9.17) is 4.98 Å². The van der Waals surface area contributed by atoms with E-state index in [1.54, 1.807) is 6.20 Å². The molecule has 2 aromatic rings. The molecule has 1 N–H and O–H groups in total. The molecule has 25 heavy (non-hydrogen) atoms. The van der Waals surface area contributed by atoms with Gasteiger partial charge in [0.15, 0.2) is 5.82 Å². The van der Waals surface area contributed by atoms with Gasteiger partial charge in [-0.1, -0.05) is 19.9 Å². The van der Waals surface area contributed by atoms with E-state index in [2.05, 4.69) is 41.0 Å². The quantitative estimate of drug-likeness (QED) is 0.900. The van der Waals surface area contributed by atoms with Crippen LogP contribution in [0.2, 0.25) is 0 Å². The zero-order valence-corrected chi connectivity index (χ0v) is 15.8. The number of piperidine rings is 1. The zero-order chi connectivity index (χ0) is 17.8. The molecular weight excluding hydrogens is 310 g/mol. The summed E-state index contributed by atoms with van der Waals surface area (Å²) in [6.45, 7) is 12.2. The van der Waals surface area contributed by atoms with E-state index in [0.29, 0.717) is 11.9 Å². The van der Waals surface area contributed by atoms with Crippen molar-refractivity contribution in [1.82, 2.24) is 19.9 Å². The molecule has 0 radical (unpaired) electrons. The Hall–Kier alpha value is -2.01. The Labute approximate surface area is 150 Å². The number of hydrogen-bond donors (Lipinski definition) is 1. The minimum atomic E-state index is 0.480. The van der Waals surface area contributed by atoms with Crippen LogP contribution < -0.4 is 5.32 Å². The second-order valence-corrected chi connectivity index (χ2v) is 7.43. The van der Waals surface area contributed by atoms with Crippen molar-refractivity contribution in [2.24, 2.45) is 5.92 Å². The highest BCUT2D eigenvalue weighted by molar-refractivity contribution is 5.56. The topological polar surface area (TPSA) is 53.9 Å². The summed E-state index contributed by atoms with van der Waals surface area (Å²) in [5, 5.41) is 3.67. The minimum absolute atomic E-state index is 0.480. The Morgan fingerprint density at radius 2 is 1.92 bits per heavy atom. The van der Waals surface area contributed by atoms with Crippen molar-refractivity contribution < 1.29 is 0 Å². The van der Waals surface area contributed by atoms with Gasteiger partial charge in [0.1, 0.15) is 11.5 Å². The Kier molecular flexibility index (Phi) is 5.63. The van der Waals surface area contributed by atoms with Crippen molar-refractivity contribution in [3.63, 3.8) is 0 Å². The van der Waals surface area contributed by atoms with Gasteiger partial charge in [0, 0.05) is 43.1 Å². The largest absolute Gasteiger partial charge is 0.367 e. The monoisotopic (exact) mass is 339 g/mol. The number of anilines is 1. The Morgan fingerprint density at radius 1 is 1.16 bits per heavy atom. The summed E-state index contributed by atoms with van der Waals surface area (Å²) in [4.78, 5) is 16.3. The summed E-state index contributed by atoms with van der Waals surface area (Å²) in [5.41, 5.74) is 2.96. The molecule has 5 heteroatoms.